The Labute approximate surface area is 110 Å². The molecule has 0 radical (unpaired) electrons. The highest BCUT2D eigenvalue weighted by Gasteiger charge is 2.27. The molecule has 0 saturated heterocycles. The van der Waals surface area contributed by atoms with Crippen LogP contribution in [0.25, 0.3) is 0 Å². The number of hydrogen-bond donors (Lipinski definition) is 0. The Hall–Kier alpha value is -1.81. The summed E-state index contributed by atoms with van der Waals surface area (Å²) in [6.07, 6.45) is 0.896. The van der Waals surface area contributed by atoms with Crippen molar-refractivity contribution >= 4 is 23.2 Å². The molecule has 1 aromatic carbocycles. The molecular weight excluding hydrogens is 250 g/mol. The third-order valence-electron chi connectivity index (χ3n) is 3.20. The van der Waals surface area contributed by atoms with Gasteiger partial charge in [0, 0.05) is 25.3 Å². The van der Waals surface area contributed by atoms with Crippen LogP contribution in [0.3, 0.4) is 0 Å². The molecule has 18 heavy (non-hydrogen) atoms. The third-order valence-corrected chi connectivity index (χ3v) is 3.39. The Bertz CT molecular complexity index is 620. The van der Waals surface area contributed by atoms with Gasteiger partial charge in [-0.1, -0.05) is 29.8 Å². The Morgan fingerprint density at radius 2 is 2.17 bits per heavy atom. The maximum absolute atomic E-state index is 12.5. The summed E-state index contributed by atoms with van der Waals surface area (Å²) in [5.41, 5.74) is 2.70. The van der Waals surface area contributed by atoms with Gasteiger partial charge in [-0.2, -0.15) is 5.10 Å². The number of para-hydroxylation sites is 1. The normalized spacial score (nSPS) is 13.8. The molecule has 1 amide bonds. The van der Waals surface area contributed by atoms with Gasteiger partial charge in [-0.05, 0) is 18.1 Å². The lowest BCUT2D eigenvalue weighted by molar-refractivity contribution is 0.0980. The Kier molecular flexibility index (Phi) is 2.59. The quantitative estimate of drug-likeness (QED) is 0.790. The Morgan fingerprint density at radius 1 is 1.39 bits per heavy atom. The van der Waals surface area contributed by atoms with Gasteiger partial charge in [0.1, 0.15) is 5.69 Å². The zero-order chi connectivity index (χ0) is 12.7. The molecule has 0 aliphatic carbocycles. The van der Waals surface area contributed by atoms with Crippen LogP contribution in [0.15, 0.2) is 30.3 Å². The second-order valence-electron chi connectivity index (χ2n) is 4.31. The molecule has 0 atom stereocenters. The summed E-state index contributed by atoms with van der Waals surface area (Å²) >= 11 is 5.81. The van der Waals surface area contributed by atoms with Crippen molar-refractivity contribution in [3.63, 3.8) is 0 Å². The molecule has 0 bridgehead atoms. The first-order chi connectivity index (χ1) is 8.66. The van der Waals surface area contributed by atoms with E-state index < -0.39 is 0 Å². The summed E-state index contributed by atoms with van der Waals surface area (Å²) in [7, 11) is 1.72. The highest BCUT2D eigenvalue weighted by molar-refractivity contribution is 6.29. The summed E-state index contributed by atoms with van der Waals surface area (Å²) in [5.74, 6) is -0.0538. The first-order valence-corrected chi connectivity index (χ1v) is 6.14. The lowest BCUT2D eigenvalue weighted by atomic mass is 10.2. The molecule has 92 valence electrons. The van der Waals surface area contributed by atoms with Crippen LogP contribution in [-0.4, -0.2) is 22.2 Å². The van der Waals surface area contributed by atoms with Gasteiger partial charge in [-0.15, -0.1) is 0 Å². The minimum absolute atomic E-state index is 0.0538. The van der Waals surface area contributed by atoms with Crippen LogP contribution in [0.4, 0.5) is 5.69 Å². The molecule has 3 rings (SSSR count). The minimum atomic E-state index is -0.0538. The first-order valence-electron chi connectivity index (χ1n) is 5.76. The van der Waals surface area contributed by atoms with E-state index in [-0.39, 0.29) is 5.91 Å². The lowest BCUT2D eigenvalue weighted by Crippen LogP contribution is -2.30. The van der Waals surface area contributed by atoms with Crippen molar-refractivity contribution in [2.75, 3.05) is 11.4 Å². The van der Waals surface area contributed by atoms with Crippen molar-refractivity contribution in [2.45, 2.75) is 6.42 Å². The average Bonchev–Trinajstić information content (AvgIpc) is 2.92. The number of fused-ring (bicyclic) bond motifs is 1. The van der Waals surface area contributed by atoms with Crippen molar-refractivity contribution in [3.05, 3.63) is 46.7 Å². The molecule has 1 aliphatic heterocycles. The smallest absolute Gasteiger partial charge is 0.276 e. The van der Waals surface area contributed by atoms with E-state index in [1.165, 1.54) is 10.2 Å². The zero-order valence-electron chi connectivity index (χ0n) is 9.93. The molecule has 2 heterocycles. The minimum Gasteiger partial charge on any atom is -0.306 e. The van der Waals surface area contributed by atoms with Crippen LogP contribution >= 0.6 is 11.6 Å². The van der Waals surface area contributed by atoms with Gasteiger partial charge in [-0.3, -0.25) is 9.48 Å². The second kappa shape index (κ2) is 4.14. The number of halogens is 1. The van der Waals surface area contributed by atoms with E-state index in [9.17, 15) is 4.79 Å². The maximum atomic E-state index is 12.5. The number of rotatable bonds is 1. The molecule has 0 unspecified atom stereocenters. The molecule has 0 saturated carbocycles. The van der Waals surface area contributed by atoms with Crippen LogP contribution in [-0.2, 0) is 13.5 Å². The molecule has 1 aromatic heterocycles. The van der Waals surface area contributed by atoms with Gasteiger partial charge in [0.2, 0.25) is 0 Å². The monoisotopic (exact) mass is 261 g/mol. The fourth-order valence-corrected chi connectivity index (χ4v) is 2.54. The summed E-state index contributed by atoms with van der Waals surface area (Å²) in [4.78, 5) is 14.2. The first kappa shape index (κ1) is 11.3. The van der Waals surface area contributed by atoms with Crippen LogP contribution < -0.4 is 4.90 Å². The largest absolute Gasteiger partial charge is 0.306 e. The summed E-state index contributed by atoms with van der Waals surface area (Å²) in [5, 5.41) is 4.34. The molecule has 5 heteroatoms. The summed E-state index contributed by atoms with van der Waals surface area (Å²) < 4.78 is 1.52. The van der Waals surface area contributed by atoms with Gasteiger partial charge in [0.25, 0.3) is 5.91 Å². The number of benzene rings is 1. The van der Waals surface area contributed by atoms with Crippen molar-refractivity contribution in [3.8, 4) is 0 Å². The highest BCUT2D eigenvalue weighted by Crippen LogP contribution is 2.29. The van der Waals surface area contributed by atoms with Crippen LogP contribution in [0, 0.1) is 0 Å². The number of aromatic nitrogens is 2. The number of carbonyl (C=O) groups is 1. The molecular formula is C13H12ClN3O. The van der Waals surface area contributed by atoms with E-state index in [1.54, 1.807) is 18.0 Å². The van der Waals surface area contributed by atoms with Crippen LogP contribution in [0.1, 0.15) is 16.1 Å². The predicted molar refractivity (Wildman–Crippen MR) is 70.0 cm³/mol. The average molecular weight is 262 g/mol. The predicted octanol–water partition coefficient (Wildman–Crippen LogP) is 2.28. The second-order valence-corrected chi connectivity index (χ2v) is 4.70. The third kappa shape index (κ3) is 1.69. The molecule has 0 N–H and O–H groups in total. The van der Waals surface area contributed by atoms with Crippen molar-refractivity contribution < 1.29 is 4.79 Å². The van der Waals surface area contributed by atoms with Gasteiger partial charge >= 0.3 is 0 Å². The fraction of sp³-hybridized carbons (Fsp3) is 0.231. The Morgan fingerprint density at radius 3 is 2.89 bits per heavy atom. The van der Waals surface area contributed by atoms with Crippen molar-refractivity contribution in [2.24, 2.45) is 7.05 Å². The summed E-state index contributed by atoms with van der Waals surface area (Å²) in [6, 6.07) is 9.57. The molecule has 2 aromatic rings. The molecule has 0 spiro atoms. The lowest BCUT2D eigenvalue weighted by Gasteiger charge is -2.16. The van der Waals surface area contributed by atoms with Gasteiger partial charge < -0.3 is 4.90 Å². The van der Waals surface area contributed by atoms with E-state index in [1.807, 2.05) is 18.2 Å². The SMILES string of the molecule is Cn1nc(Cl)cc1C(=O)N1CCc2ccccc21. The van der Waals surface area contributed by atoms with Gasteiger partial charge in [0.15, 0.2) is 5.15 Å². The fourth-order valence-electron chi connectivity index (χ4n) is 2.32. The van der Waals surface area contributed by atoms with E-state index >= 15 is 0 Å². The molecule has 1 aliphatic rings. The number of carbonyl (C=O) groups excluding carboxylic acids is 1. The number of anilines is 1. The van der Waals surface area contributed by atoms with E-state index in [0.717, 1.165) is 12.1 Å². The number of amides is 1. The van der Waals surface area contributed by atoms with Crippen LogP contribution in [0.2, 0.25) is 5.15 Å². The number of aryl methyl sites for hydroxylation is 1. The molecule has 4 nitrogen and oxygen atoms in total. The van der Waals surface area contributed by atoms with E-state index in [0.29, 0.717) is 17.4 Å². The number of hydrogen-bond acceptors (Lipinski definition) is 2. The number of nitrogens with zero attached hydrogens (tertiary/aromatic N) is 3. The standard InChI is InChI=1S/C13H12ClN3O/c1-16-11(8-12(14)15-16)13(18)17-7-6-9-4-2-3-5-10(9)17/h2-5,8H,6-7H2,1H3. The van der Waals surface area contributed by atoms with Gasteiger partial charge in [-0.25, -0.2) is 0 Å². The molecule has 0 fully saturated rings. The van der Waals surface area contributed by atoms with E-state index in [4.69, 9.17) is 11.6 Å². The highest BCUT2D eigenvalue weighted by atomic mass is 35.5. The van der Waals surface area contributed by atoms with Crippen molar-refractivity contribution in [1.82, 2.24) is 9.78 Å². The van der Waals surface area contributed by atoms with Crippen LogP contribution in [0.5, 0.6) is 0 Å². The topological polar surface area (TPSA) is 38.1 Å². The Balaban J connectivity index is 1.98. The maximum Gasteiger partial charge on any atom is 0.276 e. The zero-order valence-corrected chi connectivity index (χ0v) is 10.7. The summed E-state index contributed by atoms with van der Waals surface area (Å²) in [6.45, 7) is 0.709. The van der Waals surface area contributed by atoms with E-state index in [2.05, 4.69) is 11.2 Å². The van der Waals surface area contributed by atoms with Crippen molar-refractivity contribution in [1.29, 1.82) is 0 Å². The van der Waals surface area contributed by atoms with Gasteiger partial charge in [0.05, 0.1) is 0 Å².